The number of hydrogen-bond donors (Lipinski definition) is 2. The lowest BCUT2D eigenvalue weighted by molar-refractivity contribution is -0.140. The third-order valence-electron chi connectivity index (χ3n) is 4.11. The largest absolute Gasteiger partial charge is 0.481 e. The fourth-order valence-electron chi connectivity index (χ4n) is 2.43. The lowest BCUT2D eigenvalue weighted by Crippen LogP contribution is -2.39. The lowest BCUT2D eigenvalue weighted by Gasteiger charge is -2.28. The normalized spacial score (nSPS) is 16.2. The minimum absolute atomic E-state index is 0.0811. The number of nitrogens with one attached hydrogen (secondary N) is 1. The fourth-order valence-corrected chi connectivity index (χ4v) is 6.53. The molecule has 0 aromatic heterocycles. The van der Waals surface area contributed by atoms with Crippen LogP contribution in [0.1, 0.15) is 24.2 Å². The van der Waals surface area contributed by atoms with Crippen molar-refractivity contribution >= 4 is 91.2 Å². The van der Waals surface area contributed by atoms with Gasteiger partial charge in [0.1, 0.15) is 5.84 Å². The van der Waals surface area contributed by atoms with Crippen molar-refractivity contribution in [3.05, 3.63) is 22.3 Å². The first-order valence-electron chi connectivity index (χ1n) is 8.28. The molecule has 2 rings (SSSR count). The van der Waals surface area contributed by atoms with Crippen LogP contribution in [0.4, 0.5) is 5.69 Å². The molecule has 0 bridgehead atoms. The van der Waals surface area contributed by atoms with Crippen LogP contribution in [-0.2, 0) is 9.53 Å². The Morgan fingerprint density at radius 3 is 2.52 bits per heavy atom. The Labute approximate surface area is 199 Å². The number of carbonyl (C=O) groups excluding carboxylic acids is 1. The van der Waals surface area contributed by atoms with Crippen LogP contribution in [0.5, 0.6) is 0 Å². The van der Waals surface area contributed by atoms with Crippen LogP contribution in [0.25, 0.3) is 0 Å². The van der Waals surface area contributed by atoms with Crippen LogP contribution in [0.3, 0.4) is 0 Å². The molecular formula is C17H20I3N3O4. The number of benzene rings is 1. The Kier molecular flexibility index (Phi) is 8.99. The summed E-state index contributed by atoms with van der Waals surface area (Å²) in [4.78, 5) is 30.6. The van der Waals surface area contributed by atoms with E-state index in [4.69, 9.17) is 14.8 Å². The van der Waals surface area contributed by atoms with Gasteiger partial charge in [-0.2, -0.15) is 0 Å². The van der Waals surface area contributed by atoms with Gasteiger partial charge in [0.05, 0.1) is 34.0 Å². The molecule has 1 heterocycles. The van der Waals surface area contributed by atoms with Crippen molar-refractivity contribution in [2.75, 3.05) is 32.8 Å². The molecule has 1 aromatic carbocycles. The predicted molar refractivity (Wildman–Crippen MR) is 129 cm³/mol. The van der Waals surface area contributed by atoms with Gasteiger partial charge in [0.15, 0.2) is 0 Å². The van der Waals surface area contributed by atoms with Crippen LogP contribution in [0.2, 0.25) is 0 Å². The van der Waals surface area contributed by atoms with Gasteiger partial charge in [-0.3, -0.25) is 9.59 Å². The van der Waals surface area contributed by atoms with E-state index >= 15 is 0 Å². The van der Waals surface area contributed by atoms with Crippen LogP contribution in [0, 0.1) is 16.6 Å². The van der Waals surface area contributed by atoms with E-state index in [1.165, 1.54) is 0 Å². The molecule has 1 unspecified atom stereocenters. The molecule has 0 saturated carbocycles. The van der Waals surface area contributed by atoms with Crippen molar-refractivity contribution in [3.8, 4) is 0 Å². The van der Waals surface area contributed by atoms with E-state index in [0.717, 1.165) is 35.3 Å². The molecule has 1 aromatic rings. The average molecular weight is 711 g/mol. The summed E-state index contributed by atoms with van der Waals surface area (Å²) in [5.74, 6) is -0.974. The monoisotopic (exact) mass is 711 g/mol. The summed E-state index contributed by atoms with van der Waals surface area (Å²) < 4.78 is 7.92. The molecule has 10 heteroatoms. The first-order valence-corrected chi connectivity index (χ1v) is 11.5. The molecular weight excluding hydrogens is 691 g/mol. The van der Waals surface area contributed by atoms with Crippen molar-refractivity contribution in [2.24, 2.45) is 10.9 Å². The van der Waals surface area contributed by atoms with Crippen LogP contribution in [-0.4, -0.2) is 60.6 Å². The second kappa shape index (κ2) is 10.5. The summed E-state index contributed by atoms with van der Waals surface area (Å²) in [5, 5.41) is 11.7. The minimum atomic E-state index is -0.936. The molecule has 148 valence electrons. The maximum absolute atomic E-state index is 12.7. The molecule has 7 nitrogen and oxygen atoms in total. The smallest absolute Gasteiger partial charge is 0.308 e. The zero-order valence-corrected chi connectivity index (χ0v) is 21.4. The third kappa shape index (κ3) is 6.13. The first kappa shape index (κ1) is 23.1. The van der Waals surface area contributed by atoms with E-state index in [1.807, 2.05) is 13.0 Å². The van der Waals surface area contributed by atoms with Crippen molar-refractivity contribution in [1.29, 1.82) is 0 Å². The number of hydrogen-bond acceptors (Lipinski definition) is 4. The Morgan fingerprint density at radius 2 is 1.93 bits per heavy atom. The number of amidine groups is 1. The Bertz CT molecular complexity index is 764. The number of carboxylic acid groups (broad SMARTS) is 1. The van der Waals surface area contributed by atoms with Gasteiger partial charge in [-0.1, -0.05) is 6.92 Å². The molecule has 27 heavy (non-hydrogen) atoms. The summed E-state index contributed by atoms with van der Waals surface area (Å²) in [6.45, 7) is 6.57. The summed E-state index contributed by atoms with van der Waals surface area (Å²) in [6, 6.07) is 1.92. The molecule has 2 N–H and O–H groups in total. The second-order valence-corrected chi connectivity index (χ2v) is 9.49. The number of nitrogens with zero attached hydrogens (tertiary/aromatic N) is 2. The molecule has 1 atom stereocenters. The summed E-state index contributed by atoms with van der Waals surface area (Å²) >= 11 is 6.50. The van der Waals surface area contributed by atoms with E-state index in [9.17, 15) is 9.59 Å². The average Bonchev–Trinajstić information content (AvgIpc) is 2.63. The highest BCUT2D eigenvalue weighted by molar-refractivity contribution is 14.1. The standard InChI is InChI=1S/C17H20I3N3O4/c1-9(17(25)26)8-21-16(24)13-11(18)7-12(19)15(14(13)20)22-10(2)23-3-5-27-6-4-23/h7,9H,3-6,8H2,1-2H3,(H,21,24)(H,25,26)/b22-10+. The number of morpholine rings is 1. The van der Waals surface area contributed by atoms with Gasteiger partial charge in [-0.15, -0.1) is 0 Å². The topological polar surface area (TPSA) is 91.2 Å². The summed E-state index contributed by atoms with van der Waals surface area (Å²) in [5.41, 5.74) is 1.29. The number of carbonyl (C=O) groups is 2. The molecule has 1 amide bonds. The molecule has 0 radical (unpaired) electrons. The van der Waals surface area contributed by atoms with Crippen molar-refractivity contribution < 1.29 is 19.4 Å². The van der Waals surface area contributed by atoms with Gasteiger partial charge in [0, 0.05) is 26.8 Å². The summed E-state index contributed by atoms with van der Waals surface area (Å²) in [6.07, 6.45) is 0. The van der Waals surface area contributed by atoms with Gasteiger partial charge >= 0.3 is 5.97 Å². The molecule has 1 saturated heterocycles. The fraction of sp³-hybridized carbons (Fsp3) is 0.471. The van der Waals surface area contributed by atoms with E-state index in [-0.39, 0.29) is 12.5 Å². The third-order valence-corrected chi connectivity index (χ3v) is 6.83. The molecule has 1 aliphatic rings. The van der Waals surface area contributed by atoms with Crippen LogP contribution < -0.4 is 5.32 Å². The van der Waals surface area contributed by atoms with Gasteiger partial charge in [-0.25, -0.2) is 4.99 Å². The van der Waals surface area contributed by atoms with E-state index in [1.54, 1.807) is 6.92 Å². The number of carboxylic acids is 1. The maximum atomic E-state index is 12.7. The van der Waals surface area contributed by atoms with Gasteiger partial charge in [0.25, 0.3) is 5.91 Å². The number of ether oxygens (including phenoxy) is 1. The highest BCUT2D eigenvalue weighted by Gasteiger charge is 2.22. The van der Waals surface area contributed by atoms with E-state index in [2.05, 4.69) is 78.0 Å². The number of rotatable bonds is 5. The Morgan fingerprint density at radius 1 is 1.30 bits per heavy atom. The van der Waals surface area contributed by atoms with Gasteiger partial charge in [-0.05, 0) is 80.8 Å². The summed E-state index contributed by atoms with van der Waals surface area (Å²) in [7, 11) is 0. The number of amides is 1. The number of halogens is 3. The zero-order chi connectivity index (χ0) is 20.1. The van der Waals surface area contributed by atoms with Crippen LogP contribution >= 0.6 is 67.8 Å². The van der Waals surface area contributed by atoms with Gasteiger partial charge < -0.3 is 20.1 Å². The quantitative estimate of drug-likeness (QED) is 0.278. The molecule has 0 spiro atoms. The van der Waals surface area contributed by atoms with Gasteiger partial charge in [0.2, 0.25) is 0 Å². The number of aliphatic imine (C=N–C) groups is 1. The van der Waals surface area contributed by atoms with Crippen molar-refractivity contribution in [3.63, 3.8) is 0 Å². The minimum Gasteiger partial charge on any atom is -0.481 e. The first-order chi connectivity index (χ1) is 12.7. The van der Waals surface area contributed by atoms with E-state index < -0.39 is 11.9 Å². The number of aliphatic carboxylic acids is 1. The van der Waals surface area contributed by atoms with E-state index in [0.29, 0.717) is 18.8 Å². The Balaban J connectivity index is 2.30. The lowest BCUT2D eigenvalue weighted by atomic mass is 10.1. The highest BCUT2D eigenvalue weighted by atomic mass is 127. The SMILES string of the molecule is C/C(=N\c1c(I)cc(I)c(C(=O)NCC(C)C(=O)O)c1I)N1CCOCC1. The molecule has 1 fully saturated rings. The zero-order valence-electron chi connectivity index (χ0n) is 14.9. The van der Waals surface area contributed by atoms with Crippen LogP contribution in [0.15, 0.2) is 11.1 Å². The second-order valence-electron chi connectivity index (χ2n) is 6.09. The maximum Gasteiger partial charge on any atom is 0.308 e. The Hall–Kier alpha value is -0.220. The van der Waals surface area contributed by atoms with Crippen molar-refractivity contribution in [2.45, 2.75) is 13.8 Å². The highest BCUT2D eigenvalue weighted by Crippen LogP contribution is 2.34. The molecule has 0 aliphatic carbocycles. The molecule has 1 aliphatic heterocycles. The predicted octanol–water partition coefficient (Wildman–Crippen LogP) is 3.33. The van der Waals surface area contributed by atoms with Crippen molar-refractivity contribution in [1.82, 2.24) is 10.2 Å².